The standard InChI is InChI=1S/C23H17FO3S/c1-26-20-12-16(13-22-23(25)18-4-2-3-5-21(18)28-22)8-11-19(20)27-14-15-6-9-17(24)10-7-15/h2-13H,14H2,1H3/b22-13+. The Labute approximate surface area is 166 Å². The molecule has 3 aromatic rings. The van der Waals surface area contributed by atoms with Crippen LogP contribution in [0.1, 0.15) is 21.5 Å². The second-order valence-corrected chi connectivity index (χ2v) is 7.35. The van der Waals surface area contributed by atoms with Crippen LogP contribution in [0.4, 0.5) is 4.39 Å². The molecule has 0 N–H and O–H groups in total. The highest BCUT2D eigenvalue weighted by Crippen LogP contribution is 2.41. The molecule has 0 spiro atoms. The number of allylic oxidation sites excluding steroid dienone is 1. The summed E-state index contributed by atoms with van der Waals surface area (Å²) in [4.78, 5) is 14.2. The molecule has 0 aliphatic carbocycles. The Kier molecular flexibility index (Phi) is 5.17. The van der Waals surface area contributed by atoms with E-state index in [1.54, 1.807) is 19.2 Å². The minimum atomic E-state index is -0.278. The minimum absolute atomic E-state index is 0.0382. The lowest BCUT2D eigenvalue weighted by atomic mass is 10.1. The Hall–Kier alpha value is -3.05. The monoisotopic (exact) mass is 392 g/mol. The minimum Gasteiger partial charge on any atom is -0.493 e. The van der Waals surface area contributed by atoms with Crippen LogP contribution >= 0.6 is 11.8 Å². The predicted molar refractivity (Wildman–Crippen MR) is 108 cm³/mol. The van der Waals surface area contributed by atoms with E-state index in [-0.39, 0.29) is 11.6 Å². The molecule has 0 atom stereocenters. The SMILES string of the molecule is COc1cc(/C=C2/Sc3ccccc3C2=O)ccc1OCc1ccc(F)cc1. The Morgan fingerprint density at radius 3 is 2.54 bits per heavy atom. The van der Waals surface area contributed by atoms with Crippen LogP contribution in [-0.4, -0.2) is 12.9 Å². The van der Waals surface area contributed by atoms with Gasteiger partial charge in [-0.05, 0) is 53.6 Å². The number of thioether (sulfide) groups is 1. The van der Waals surface area contributed by atoms with Gasteiger partial charge in [0.1, 0.15) is 12.4 Å². The second kappa shape index (κ2) is 7.90. The van der Waals surface area contributed by atoms with E-state index < -0.39 is 0 Å². The summed E-state index contributed by atoms with van der Waals surface area (Å²) >= 11 is 1.47. The number of ether oxygens (including phenoxy) is 2. The van der Waals surface area contributed by atoms with Crippen molar-refractivity contribution in [3.63, 3.8) is 0 Å². The van der Waals surface area contributed by atoms with Crippen LogP contribution < -0.4 is 9.47 Å². The van der Waals surface area contributed by atoms with E-state index >= 15 is 0 Å². The van der Waals surface area contributed by atoms with Gasteiger partial charge >= 0.3 is 0 Å². The zero-order valence-electron chi connectivity index (χ0n) is 15.1. The average molecular weight is 392 g/mol. The number of rotatable bonds is 5. The summed E-state index contributed by atoms with van der Waals surface area (Å²) in [6.45, 7) is 0.306. The Morgan fingerprint density at radius 1 is 1.00 bits per heavy atom. The lowest BCUT2D eigenvalue weighted by Crippen LogP contribution is -1.98. The maximum Gasteiger partial charge on any atom is 0.200 e. The van der Waals surface area contributed by atoms with E-state index in [1.165, 1.54) is 23.9 Å². The normalized spacial score (nSPS) is 14.2. The fourth-order valence-corrected chi connectivity index (χ4v) is 3.97. The molecule has 0 bridgehead atoms. The highest BCUT2D eigenvalue weighted by Gasteiger charge is 2.25. The number of carbonyl (C=O) groups is 1. The van der Waals surface area contributed by atoms with Crippen LogP contribution in [0.3, 0.4) is 0 Å². The van der Waals surface area contributed by atoms with E-state index in [2.05, 4.69) is 0 Å². The number of hydrogen-bond donors (Lipinski definition) is 0. The molecule has 5 heteroatoms. The van der Waals surface area contributed by atoms with Gasteiger partial charge in [0.25, 0.3) is 0 Å². The molecule has 0 saturated heterocycles. The first-order valence-electron chi connectivity index (χ1n) is 8.72. The second-order valence-electron chi connectivity index (χ2n) is 6.26. The van der Waals surface area contributed by atoms with Gasteiger partial charge in [-0.15, -0.1) is 0 Å². The zero-order chi connectivity index (χ0) is 19.5. The largest absolute Gasteiger partial charge is 0.493 e. The van der Waals surface area contributed by atoms with E-state index in [4.69, 9.17) is 9.47 Å². The molecular weight excluding hydrogens is 375 g/mol. The molecule has 0 amide bonds. The van der Waals surface area contributed by atoms with Gasteiger partial charge in [-0.1, -0.05) is 42.1 Å². The van der Waals surface area contributed by atoms with E-state index in [0.29, 0.717) is 23.0 Å². The van der Waals surface area contributed by atoms with E-state index in [1.807, 2.05) is 48.5 Å². The number of benzene rings is 3. The lowest BCUT2D eigenvalue weighted by Gasteiger charge is -2.11. The number of carbonyl (C=O) groups excluding carboxylic acids is 1. The number of halogens is 1. The molecule has 3 nitrogen and oxygen atoms in total. The van der Waals surface area contributed by atoms with Crippen LogP contribution in [0.15, 0.2) is 76.5 Å². The Balaban J connectivity index is 1.52. The highest BCUT2D eigenvalue weighted by atomic mass is 32.2. The van der Waals surface area contributed by atoms with Crippen molar-refractivity contribution in [3.05, 3.63) is 94.1 Å². The van der Waals surface area contributed by atoms with Gasteiger partial charge in [-0.3, -0.25) is 4.79 Å². The van der Waals surface area contributed by atoms with Crippen LogP contribution in [0.2, 0.25) is 0 Å². The topological polar surface area (TPSA) is 35.5 Å². The van der Waals surface area contributed by atoms with Gasteiger partial charge < -0.3 is 9.47 Å². The van der Waals surface area contributed by atoms with Crippen LogP contribution in [0, 0.1) is 5.82 Å². The summed E-state index contributed by atoms with van der Waals surface area (Å²) in [5.74, 6) is 0.920. The number of ketones is 1. The summed E-state index contributed by atoms with van der Waals surface area (Å²) in [7, 11) is 1.57. The average Bonchev–Trinajstić information content (AvgIpc) is 3.04. The van der Waals surface area contributed by atoms with E-state index in [0.717, 1.165) is 21.6 Å². The van der Waals surface area contributed by atoms with Crippen molar-refractivity contribution in [2.45, 2.75) is 11.5 Å². The van der Waals surface area contributed by atoms with Crippen LogP contribution in [-0.2, 0) is 6.61 Å². The zero-order valence-corrected chi connectivity index (χ0v) is 16.0. The lowest BCUT2D eigenvalue weighted by molar-refractivity contribution is 0.104. The molecular formula is C23H17FO3S. The molecule has 0 aromatic heterocycles. The highest BCUT2D eigenvalue weighted by molar-refractivity contribution is 8.04. The smallest absolute Gasteiger partial charge is 0.200 e. The van der Waals surface area contributed by atoms with Crippen LogP contribution in [0.5, 0.6) is 11.5 Å². The number of hydrogen-bond acceptors (Lipinski definition) is 4. The van der Waals surface area contributed by atoms with Gasteiger partial charge in [0.15, 0.2) is 11.5 Å². The van der Waals surface area contributed by atoms with Gasteiger partial charge in [0.2, 0.25) is 5.78 Å². The molecule has 0 unspecified atom stereocenters. The van der Waals surface area contributed by atoms with Crippen molar-refractivity contribution in [2.75, 3.05) is 7.11 Å². The third kappa shape index (κ3) is 3.80. The summed E-state index contributed by atoms with van der Waals surface area (Å²) in [6.07, 6.45) is 1.86. The summed E-state index contributed by atoms with van der Waals surface area (Å²) < 4.78 is 24.3. The molecule has 1 aliphatic heterocycles. The summed E-state index contributed by atoms with van der Waals surface area (Å²) in [6, 6.07) is 19.3. The van der Waals surface area contributed by atoms with Gasteiger partial charge in [-0.2, -0.15) is 0 Å². The maximum absolute atomic E-state index is 13.0. The van der Waals surface area contributed by atoms with Gasteiger partial charge in [0, 0.05) is 10.5 Å². The van der Waals surface area contributed by atoms with Crippen molar-refractivity contribution in [1.82, 2.24) is 0 Å². The van der Waals surface area contributed by atoms with Crippen molar-refractivity contribution in [3.8, 4) is 11.5 Å². The fraction of sp³-hybridized carbons (Fsp3) is 0.0870. The third-order valence-corrected chi connectivity index (χ3v) is 5.47. The predicted octanol–water partition coefficient (Wildman–Crippen LogP) is 5.74. The van der Waals surface area contributed by atoms with Crippen molar-refractivity contribution in [2.24, 2.45) is 0 Å². The molecule has 140 valence electrons. The first-order valence-corrected chi connectivity index (χ1v) is 9.54. The molecule has 0 saturated carbocycles. The fourth-order valence-electron chi connectivity index (χ4n) is 2.92. The quantitative estimate of drug-likeness (QED) is 0.519. The molecule has 1 aliphatic rings. The van der Waals surface area contributed by atoms with Crippen molar-refractivity contribution < 1.29 is 18.7 Å². The van der Waals surface area contributed by atoms with Crippen LogP contribution in [0.25, 0.3) is 6.08 Å². The maximum atomic E-state index is 13.0. The number of fused-ring (bicyclic) bond motifs is 1. The van der Waals surface area contributed by atoms with Gasteiger partial charge in [-0.25, -0.2) is 4.39 Å². The molecule has 4 rings (SSSR count). The number of Topliss-reactive ketones (excluding diaryl/α,β-unsaturated/α-hetero) is 1. The summed E-state index contributed by atoms with van der Waals surface area (Å²) in [5, 5.41) is 0. The number of methoxy groups -OCH3 is 1. The molecule has 28 heavy (non-hydrogen) atoms. The third-order valence-electron chi connectivity index (χ3n) is 4.37. The van der Waals surface area contributed by atoms with Gasteiger partial charge in [0.05, 0.1) is 12.0 Å². The molecule has 1 heterocycles. The summed E-state index contributed by atoms with van der Waals surface area (Å²) in [5.41, 5.74) is 2.46. The Bertz CT molecular complexity index is 1060. The molecule has 3 aromatic carbocycles. The first kappa shape index (κ1) is 18.3. The van der Waals surface area contributed by atoms with Crippen molar-refractivity contribution >= 4 is 23.6 Å². The molecule has 0 radical (unpaired) electrons. The first-order chi connectivity index (χ1) is 13.6. The Morgan fingerprint density at radius 2 is 1.79 bits per heavy atom. The van der Waals surface area contributed by atoms with E-state index in [9.17, 15) is 9.18 Å². The molecule has 0 fully saturated rings. The van der Waals surface area contributed by atoms with Crippen molar-refractivity contribution in [1.29, 1.82) is 0 Å².